The number of fused-ring (bicyclic) bond motifs is 1. The predicted octanol–water partition coefficient (Wildman–Crippen LogP) is 1.90. The number of nitrogens with one attached hydrogen (secondary N) is 1. The molecule has 0 spiro atoms. The summed E-state index contributed by atoms with van der Waals surface area (Å²) in [4.78, 5) is 21.5. The van der Waals surface area contributed by atoms with E-state index in [1.165, 1.54) is 23.1 Å². The van der Waals surface area contributed by atoms with Crippen LogP contribution in [0.2, 0.25) is 0 Å². The first-order chi connectivity index (χ1) is 10.9. The molecule has 0 saturated heterocycles. The monoisotopic (exact) mass is 353 g/mol. The lowest BCUT2D eigenvalue weighted by Gasteiger charge is -2.11. The number of hydrogen-bond acceptors (Lipinski definition) is 8. The Bertz CT molecular complexity index is 902. The molecule has 3 rings (SSSR count). The number of hydrogen-bond donors (Lipinski definition) is 1. The molecule has 2 aromatic rings. The number of anilines is 1. The fourth-order valence-electron chi connectivity index (χ4n) is 2.41. The maximum Gasteiger partial charge on any atom is 0.348 e. The fourth-order valence-corrected chi connectivity index (χ4v) is 4.69. The molecule has 1 aliphatic rings. The van der Waals surface area contributed by atoms with Crippen LogP contribution >= 0.6 is 11.3 Å². The third-order valence-electron chi connectivity index (χ3n) is 3.44. The van der Waals surface area contributed by atoms with Gasteiger partial charge in [-0.2, -0.15) is 0 Å². The Balaban J connectivity index is 1.98. The summed E-state index contributed by atoms with van der Waals surface area (Å²) in [6.07, 6.45) is 2.99. The number of ether oxygens (including phenoxy) is 1. The highest BCUT2D eigenvalue weighted by Crippen LogP contribution is 2.34. The van der Waals surface area contributed by atoms with E-state index in [1.807, 2.05) is 0 Å². The Morgan fingerprint density at radius 2 is 2.26 bits per heavy atom. The van der Waals surface area contributed by atoms with Gasteiger partial charge < -0.3 is 10.1 Å². The second-order valence-electron chi connectivity index (χ2n) is 5.09. The Kier molecular flexibility index (Phi) is 4.07. The smallest absolute Gasteiger partial charge is 0.348 e. The van der Waals surface area contributed by atoms with Gasteiger partial charge in [-0.25, -0.2) is 23.2 Å². The van der Waals surface area contributed by atoms with Crippen molar-refractivity contribution in [2.75, 3.05) is 17.7 Å². The van der Waals surface area contributed by atoms with Crippen molar-refractivity contribution in [3.63, 3.8) is 0 Å². The van der Waals surface area contributed by atoms with E-state index in [4.69, 9.17) is 4.74 Å². The number of sulfone groups is 1. The van der Waals surface area contributed by atoms with E-state index in [0.29, 0.717) is 22.1 Å². The molecule has 0 amide bonds. The van der Waals surface area contributed by atoms with Crippen LogP contribution in [0.3, 0.4) is 0 Å². The van der Waals surface area contributed by atoms with E-state index in [-0.39, 0.29) is 17.8 Å². The molecular formula is C14H15N3O4S2. The van der Waals surface area contributed by atoms with Gasteiger partial charge in [-0.3, -0.25) is 0 Å². The zero-order valence-electron chi connectivity index (χ0n) is 12.6. The first-order valence-corrected chi connectivity index (χ1v) is 9.53. The van der Waals surface area contributed by atoms with Crippen molar-refractivity contribution in [1.29, 1.82) is 0 Å². The van der Waals surface area contributed by atoms with Crippen LogP contribution in [0.5, 0.6) is 0 Å². The molecule has 0 aromatic carbocycles. The number of carbonyl (C=O) groups is 1. The quantitative estimate of drug-likeness (QED) is 0.838. The Hall–Kier alpha value is -2.00. The summed E-state index contributed by atoms with van der Waals surface area (Å²) in [6, 6.07) is -0.344. The summed E-state index contributed by atoms with van der Waals surface area (Å²) in [5.41, 5.74) is 0.733. The van der Waals surface area contributed by atoms with Gasteiger partial charge >= 0.3 is 5.97 Å². The van der Waals surface area contributed by atoms with Gasteiger partial charge in [-0.15, -0.1) is 11.3 Å². The van der Waals surface area contributed by atoms with Crippen LogP contribution in [0.4, 0.5) is 5.82 Å². The van der Waals surface area contributed by atoms with Gasteiger partial charge in [0.15, 0.2) is 9.84 Å². The molecule has 1 atom stereocenters. The van der Waals surface area contributed by atoms with Crippen molar-refractivity contribution in [2.24, 2.45) is 0 Å². The summed E-state index contributed by atoms with van der Waals surface area (Å²) in [5, 5.41) is 5.02. The lowest BCUT2D eigenvalue weighted by Crippen LogP contribution is -2.21. The summed E-state index contributed by atoms with van der Waals surface area (Å²) in [6.45, 7) is 3.86. The molecule has 0 radical (unpaired) electrons. The Morgan fingerprint density at radius 1 is 1.48 bits per heavy atom. The number of carbonyl (C=O) groups excluding carboxylic acids is 1. The first-order valence-electron chi connectivity index (χ1n) is 7.00. The topological polar surface area (TPSA) is 98.2 Å². The minimum atomic E-state index is -3.15. The van der Waals surface area contributed by atoms with Crippen LogP contribution in [0.15, 0.2) is 17.8 Å². The van der Waals surface area contributed by atoms with E-state index in [0.717, 1.165) is 10.9 Å². The van der Waals surface area contributed by atoms with E-state index in [9.17, 15) is 13.2 Å². The molecule has 0 fully saturated rings. The van der Waals surface area contributed by atoms with Gasteiger partial charge in [0.2, 0.25) is 0 Å². The van der Waals surface area contributed by atoms with Crippen LogP contribution in [0.1, 0.15) is 22.2 Å². The van der Waals surface area contributed by atoms with E-state index >= 15 is 0 Å². The van der Waals surface area contributed by atoms with Crippen molar-refractivity contribution < 1.29 is 17.9 Å². The normalized spacial score (nSPS) is 19.1. The highest BCUT2D eigenvalue weighted by atomic mass is 32.2. The second kappa shape index (κ2) is 5.89. The molecule has 0 unspecified atom stereocenters. The number of aryl methyl sites for hydroxylation is 1. The van der Waals surface area contributed by atoms with Crippen molar-refractivity contribution in [3.8, 4) is 0 Å². The fraction of sp³-hybridized carbons (Fsp3) is 0.357. The third-order valence-corrected chi connectivity index (χ3v) is 6.02. The van der Waals surface area contributed by atoms with Crippen LogP contribution in [0.25, 0.3) is 10.2 Å². The molecule has 1 aliphatic heterocycles. The number of nitrogens with zero attached hydrogens (tertiary/aromatic N) is 2. The van der Waals surface area contributed by atoms with Gasteiger partial charge in [0, 0.05) is 5.41 Å². The van der Waals surface area contributed by atoms with Crippen molar-refractivity contribution in [3.05, 3.63) is 28.3 Å². The molecule has 3 heterocycles. The van der Waals surface area contributed by atoms with Crippen molar-refractivity contribution >= 4 is 43.2 Å². The molecule has 0 saturated carbocycles. The van der Waals surface area contributed by atoms with E-state index < -0.39 is 9.84 Å². The number of rotatable bonds is 4. The third kappa shape index (κ3) is 3.06. The van der Waals surface area contributed by atoms with E-state index in [1.54, 1.807) is 19.9 Å². The first kappa shape index (κ1) is 15.9. The Morgan fingerprint density at radius 3 is 2.91 bits per heavy atom. The van der Waals surface area contributed by atoms with Gasteiger partial charge in [0.25, 0.3) is 0 Å². The molecule has 23 heavy (non-hydrogen) atoms. The predicted molar refractivity (Wildman–Crippen MR) is 88.4 cm³/mol. The van der Waals surface area contributed by atoms with E-state index in [2.05, 4.69) is 15.3 Å². The molecule has 0 bridgehead atoms. The molecule has 0 aliphatic carbocycles. The Labute approximate surface area is 137 Å². The average molecular weight is 353 g/mol. The number of esters is 1. The zero-order chi connectivity index (χ0) is 16.6. The molecule has 9 heteroatoms. The van der Waals surface area contributed by atoms with Gasteiger partial charge in [0.1, 0.15) is 21.9 Å². The average Bonchev–Trinajstić information content (AvgIpc) is 3.00. The minimum absolute atomic E-state index is 0.00753. The summed E-state index contributed by atoms with van der Waals surface area (Å²) in [5.74, 6) is 0.125. The molecule has 122 valence electrons. The summed E-state index contributed by atoms with van der Waals surface area (Å²) in [7, 11) is -3.15. The lowest BCUT2D eigenvalue weighted by atomic mass is 10.2. The van der Waals surface area contributed by atoms with Crippen molar-refractivity contribution in [1.82, 2.24) is 9.97 Å². The summed E-state index contributed by atoms with van der Waals surface area (Å²) >= 11 is 1.24. The van der Waals surface area contributed by atoms with Crippen molar-refractivity contribution in [2.45, 2.75) is 19.9 Å². The minimum Gasteiger partial charge on any atom is -0.462 e. The lowest BCUT2D eigenvalue weighted by molar-refractivity contribution is 0.0531. The maximum absolute atomic E-state index is 12.0. The van der Waals surface area contributed by atoms with Gasteiger partial charge in [-0.1, -0.05) is 0 Å². The van der Waals surface area contributed by atoms with Crippen LogP contribution in [-0.4, -0.2) is 42.8 Å². The molecule has 7 nitrogen and oxygen atoms in total. The number of thiophene rings is 1. The van der Waals surface area contributed by atoms with Crippen LogP contribution in [-0.2, 0) is 14.6 Å². The van der Waals surface area contributed by atoms with Crippen LogP contribution in [0, 0.1) is 6.92 Å². The summed E-state index contributed by atoms with van der Waals surface area (Å²) < 4.78 is 28.1. The largest absolute Gasteiger partial charge is 0.462 e. The molecule has 2 aromatic heterocycles. The maximum atomic E-state index is 12.0. The SMILES string of the molecule is CCOC(=O)c1sc2ncnc(N[C@@H]3C=CS(=O)(=O)C3)c2c1C. The highest BCUT2D eigenvalue weighted by molar-refractivity contribution is 7.94. The highest BCUT2D eigenvalue weighted by Gasteiger charge is 2.24. The van der Waals surface area contributed by atoms with Gasteiger partial charge in [0.05, 0.1) is 23.8 Å². The molecular weight excluding hydrogens is 338 g/mol. The number of aromatic nitrogens is 2. The standard InChI is InChI=1S/C14H15N3O4S2/c1-3-21-14(18)11-8(2)10-12(15-7-16-13(10)22-11)17-9-4-5-23(19,20)6-9/h4-5,7,9H,3,6H2,1-2H3,(H,15,16,17)/t9-/m1/s1. The van der Waals surface area contributed by atoms with Gasteiger partial charge in [-0.05, 0) is 25.5 Å². The zero-order valence-corrected chi connectivity index (χ0v) is 14.2. The molecule has 1 N–H and O–H groups in total. The second-order valence-corrected chi connectivity index (χ2v) is 8.02. The van der Waals surface area contributed by atoms with Crippen LogP contribution < -0.4 is 5.32 Å².